The third-order valence-electron chi connectivity index (χ3n) is 4.62. The molecule has 0 bridgehead atoms. The number of nitrogens with one attached hydrogen (secondary N) is 1. The summed E-state index contributed by atoms with van der Waals surface area (Å²) in [5.41, 5.74) is 2.79. The van der Waals surface area contributed by atoms with Crippen molar-refractivity contribution in [3.63, 3.8) is 0 Å². The summed E-state index contributed by atoms with van der Waals surface area (Å²) in [6.45, 7) is 5.81. The predicted molar refractivity (Wildman–Crippen MR) is 110 cm³/mol. The van der Waals surface area contributed by atoms with Crippen LogP contribution in [0, 0.1) is 11.3 Å². The monoisotopic (exact) mass is 373 g/mol. The van der Waals surface area contributed by atoms with Gasteiger partial charge in [0.05, 0.1) is 17.1 Å². The van der Waals surface area contributed by atoms with Gasteiger partial charge in [0.25, 0.3) is 0 Å². The summed E-state index contributed by atoms with van der Waals surface area (Å²) in [4.78, 5) is 24.2. The first-order chi connectivity index (χ1) is 13.7. The Morgan fingerprint density at radius 3 is 2.25 bits per heavy atom. The summed E-state index contributed by atoms with van der Waals surface area (Å²) >= 11 is 0. The summed E-state index contributed by atoms with van der Waals surface area (Å²) < 4.78 is 0. The Balaban J connectivity index is 1.97. The van der Waals surface area contributed by atoms with Gasteiger partial charge in [-0.1, -0.05) is 42.5 Å². The average molecular weight is 373 g/mol. The molecule has 1 aromatic heterocycles. The number of amides is 1. The number of para-hydroxylation sites is 2. The van der Waals surface area contributed by atoms with E-state index in [2.05, 4.69) is 16.4 Å². The lowest BCUT2D eigenvalue weighted by molar-refractivity contribution is -0.121. The minimum absolute atomic E-state index is 0.361. The van der Waals surface area contributed by atoms with E-state index in [1.165, 1.54) is 0 Å². The molecule has 1 unspecified atom stereocenters. The molecule has 0 saturated heterocycles. The van der Waals surface area contributed by atoms with Gasteiger partial charge in [0.2, 0.25) is 5.91 Å². The third-order valence-corrected chi connectivity index (χ3v) is 4.62. The number of anilines is 1. The molecule has 0 aliphatic heterocycles. The second-order valence-electron chi connectivity index (χ2n) is 6.36. The highest BCUT2D eigenvalue weighted by atomic mass is 16.1. The highest BCUT2D eigenvalue weighted by Crippen LogP contribution is 2.27. The largest absolute Gasteiger partial charge is 0.356 e. The lowest BCUT2D eigenvalue weighted by Gasteiger charge is -2.24. The van der Waals surface area contributed by atoms with E-state index in [1.807, 2.05) is 73.3 Å². The molecule has 0 spiro atoms. The van der Waals surface area contributed by atoms with Crippen LogP contribution in [0.2, 0.25) is 0 Å². The molecular weight excluding hydrogens is 350 g/mol. The number of carbonyl (C=O) groups excluding carboxylic acids is 1. The zero-order chi connectivity index (χ0) is 19.9. The normalized spacial score (nSPS) is 11.6. The number of benzene rings is 2. The van der Waals surface area contributed by atoms with E-state index in [1.54, 1.807) is 0 Å². The van der Waals surface area contributed by atoms with Crippen molar-refractivity contribution in [2.75, 3.05) is 18.0 Å². The van der Waals surface area contributed by atoms with E-state index in [9.17, 15) is 10.1 Å². The van der Waals surface area contributed by atoms with Gasteiger partial charge in [-0.2, -0.15) is 5.26 Å². The van der Waals surface area contributed by atoms with Crippen LogP contribution in [0.1, 0.15) is 31.0 Å². The van der Waals surface area contributed by atoms with Crippen molar-refractivity contribution < 1.29 is 4.79 Å². The summed E-state index contributed by atoms with van der Waals surface area (Å²) in [5.74, 6) is -0.814. The van der Waals surface area contributed by atoms with Crippen LogP contribution in [0.3, 0.4) is 0 Å². The number of hydrogen-bond acceptors (Lipinski definition) is 5. The summed E-state index contributed by atoms with van der Waals surface area (Å²) in [6.07, 6.45) is 0. The standard InChI is InChI=1S/C22H23N5O/c1-3-27(4-2)21-20(25-18-12-8-9-13-19(18)26-21)17(14-23)22(28)24-15-16-10-6-5-7-11-16/h5-13,17H,3-4,15H2,1-2H3,(H,24,28). The van der Waals surface area contributed by atoms with Gasteiger partial charge in [-0.05, 0) is 31.5 Å². The molecule has 0 aliphatic carbocycles. The zero-order valence-corrected chi connectivity index (χ0v) is 16.1. The number of rotatable bonds is 7. The Kier molecular flexibility index (Phi) is 6.18. The van der Waals surface area contributed by atoms with E-state index in [0.29, 0.717) is 36.7 Å². The summed E-state index contributed by atoms with van der Waals surface area (Å²) in [7, 11) is 0. The van der Waals surface area contributed by atoms with Gasteiger partial charge in [-0.25, -0.2) is 9.97 Å². The van der Waals surface area contributed by atoms with Crippen molar-refractivity contribution in [3.05, 3.63) is 65.9 Å². The molecule has 0 radical (unpaired) electrons. The Bertz CT molecular complexity index is 993. The number of aromatic nitrogens is 2. The van der Waals surface area contributed by atoms with Crippen LogP contribution >= 0.6 is 0 Å². The van der Waals surface area contributed by atoms with Gasteiger partial charge >= 0.3 is 0 Å². The minimum atomic E-state index is -1.03. The fraction of sp³-hybridized carbons (Fsp3) is 0.273. The Morgan fingerprint density at radius 1 is 1.04 bits per heavy atom. The van der Waals surface area contributed by atoms with Crippen LogP contribution in [0.25, 0.3) is 11.0 Å². The van der Waals surface area contributed by atoms with Gasteiger partial charge in [0, 0.05) is 19.6 Å². The molecule has 6 nitrogen and oxygen atoms in total. The number of fused-ring (bicyclic) bond motifs is 1. The number of carbonyl (C=O) groups is 1. The molecule has 1 heterocycles. The van der Waals surface area contributed by atoms with Gasteiger partial charge in [-0.15, -0.1) is 0 Å². The highest BCUT2D eigenvalue weighted by Gasteiger charge is 2.28. The predicted octanol–water partition coefficient (Wildman–Crippen LogP) is 3.40. The Labute approximate surface area is 164 Å². The van der Waals surface area contributed by atoms with E-state index in [-0.39, 0.29) is 5.91 Å². The van der Waals surface area contributed by atoms with Crippen LogP contribution in [0.15, 0.2) is 54.6 Å². The first-order valence-corrected chi connectivity index (χ1v) is 9.40. The van der Waals surface area contributed by atoms with Crippen molar-refractivity contribution in [1.29, 1.82) is 5.26 Å². The van der Waals surface area contributed by atoms with E-state index in [0.717, 1.165) is 11.1 Å². The number of nitriles is 1. The number of hydrogen-bond donors (Lipinski definition) is 1. The van der Waals surface area contributed by atoms with Crippen molar-refractivity contribution in [3.8, 4) is 6.07 Å². The van der Waals surface area contributed by atoms with Crippen LogP contribution in [0.4, 0.5) is 5.82 Å². The summed E-state index contributed by atoms with van der Waals surface area (Å²) in [5, 5.41) is 12.6. The zero-order valence-electron chi connectivity index (χ0n) is 16.1. The molecule has 0 fully saturated rings. The molecule has 28 heavy (non-hydrogen) atoms. The van der Waals surface area contributed by atoms with Crippen LogP contribution in [0.5, 0.6) is 0 Å². The SMILES string of the molecule is CCN(CC)c1nc2ccccc2nc1C(C#N)C(=O)NCc1ccccc1. The smallest absolute Gasteiger partial charge is 0.243 e. The molecule has 6 heteroatoms. The molecule has 3 aromatic rings. The molecular formula is C22H23N5O. The van der Waals surface area contributed by atoms with Crippen molar-refractivity contribution in [2.45, 2.75) is 26.3 Å². The van der Waals surface area contributed by atoms with Gasteiger partial charge in [0.1, 0.15) is 5.69 Å². The van der Waals surface area contributed by atoms with Crippen LogP contribution in [-0.2, 0) is 11.3 Å². The maximum atomic E-state index is 12.8. The maximum Gasteiger partial charge on any atom is 0.243 e. The van der Waals surface area contributed by atoms with Crippen molar-refractivity contribution >= 4 is 22.8 Å². The molecule has 1 N–H and O–H groups in total. The van der Waals surface area contributed by atoms with Gasteiger partial charge in [-0.3, -0.25) is 4.79 Å². The first kappa shape index (κ1) is 19.3. The fourth-order valence-corrected chi connectivity index (χ4v) is 3.08. The highest BCUT2D eigenvalue weighted by molar-refractivity contribution is 5.88. The second-order valence-corrected chi connectivity index (χ2v) is 6.36. The lowest BCUT2D eigenvalue weighted by atomic mass is 10.0. The molecule has 1 atom stereocenters. The maximum absolute atomic E-state index is 12.8. The average Bonchev–Trinajstić information content (AvgIpc) is 2.74. The molecule has 3 rings (SSSR count). The molecule has 1 amide bonds. The molecule has 142 valence electrons. The molecule has 0 aliphatic rings. The quantitative estimate of drug-likeness (QED) is 0.686. The molecule has 2 aromatic carbocycles. The van der Waals surface area contributed by atoms with Crippen LogP contribution < -0.4 is 10.2 Å². The van der Waals surface area contributed by atoms with Crippen molar-refractivity contribution in [2.24, 2.45) is 0 Å². The van der Waals surface area contributed by atoms with Gasteiger partial charge in [0.15, 0.2) is 11.7 Å². The number of nitrogens with zero attached hydrogens (tertiary/aromatic N) is 4. The van der Waals surface area contributed by atoms with E-state index in [4.69, 9.17) is 4.98 Å². The lowest BCUT2D eigenvalue weighted by Crippen LogP contribution is -2.32. The molecule has 0 saturated carbocycles. The Hall–Kier alpha value is -3.46. The Morgan fingerprint density at radius 2 is 1.64 bits per heavy atom. The first-order valence-electron chi connectivity index (χ1n) is 9.40. The van der Waals surface area contributed by atoms with Crippen LogP contribution in [-0.4, -0.2) is 29.0 Å². The fourth-order valence-electron chi connectivity index (χ4n) is 3.08. The van der Waals surface area contributed by atoms with Crippen molar-refractivity contribution in [1.82, 2.24) is 15.3 Å². The second kappa shape index (κ2) is 8.96. The third kappa shape index (κ3) is 4.09. The topological polar surface area (TPSA) is 81.9 Å². The minimum Gasteiger partial charge on any atom is -0.356 e. The van der Waals surface area contributed by atoms with Gasteiger partial charge < -0.3 is 10.2 Å². The summed E-state index contributed by atoms with van der Waals surface area (Å²) in [6, 6.07) is 19.2. The van der Waals surface area contributed by atoms with E-state index >= 15 is 0 Å². The van der Waals surface area contributed by atoms with E-state index < -0.39 is 5.92 Å².